The Morgan fingerprint density at radius 1 is 0.933 bits per heavy atom. The first-order valence-corrected chi connectivity index (χ1v) is 6.83. The van der Waals surface area contributed by atoms with Gasteiger partial charge in [0.2, 0.25) is 0 Å². The number of hydrogen-bond acceptors (Lipinski definition) is 2. The third-order valence-electron chi connectivity index (χ3n) is 3.34. The number of nitrogens with zero attached hydrogens (tertiary/aromatic N) is 1. The maximum Gasteiger partial charge on any atom is 0.0345 e. The van der Waals surface area contributed by atoms with Gasteiger partial charge in [-0.25, -0.2) is 0 Å². The molecule has 0 aromatic rings. The Morgan fingerprint density at radius 2 is 1.67 bits per heavy atom. The van der Waals surface area contributed by atoms with Gasteiger partial charge in [-0.2, -0.15) is 0 Å². The molecule has 0 aromatic carbocycles. The zero-order chi connectivity index (χ0) is 10.9. The van der Waals surface area contributed by atoms with Crippen molar-refractivity contribution < 1.29 is 0 Å². The van der Waals surface area contributed by atoms with Gasteiger partial charge < -0.3 is 5.32 Å². The molecule has 1 heterocycles. The second kappa shape index (κ2) is 8.12. The second-order valence-electron chi connectivity index (χ2n) is 4.76. The summed E-state index contributed by atoms with van der Waals surface area (Å²) < 4.78 is 0. The summed E-state index contributed by atoms with van der Waals surface area (Å²) in [6.45, 7) is 9.62. The molecule has 0 aliphatic carbocycles. The molecule has 0 bridgehead atoms. The highest BCUT2D eigenvalue weighted by molar-refractivity contribution is 4.84. The van der Waals surface area contributed by atoms with Crippen LogP contribution < -0.4 is 5.32 Å². The Kier molecular flexibility index (Phi) is 7.03. The fraction of sp³-hybridized carbons (Fsp3) is 1.00. The van der Waals surface area contributed by atoms with Gasteiger partial charge in [-0.15, -0.1) is 0 Å². The summed E-state index contributed by atoms with van der Waals surface area (Å²) >= 11 is 0. The van der Waals surface area contributed by atoms with Gasteiger partial charge in [-0.3, -0.25) is 4.90 Å². The van der Waals surface area contributed by atoms with Crippen LogP contribution in [0.15, 0.2) is 0 Å². The first kappa shape index (κ1) is 13.0. The molecule has 15 heavy (non-hydrogen) atoms. The van der Waals surface area contributed by atoms with Gasteiger partial charge in [0.05, 0.1) is 0 Å². The lowest BCUT2D eigenvalue weighted by atomic mass is 10.1. The van der Waals surface area contributed by atoms with E-state index in [-0.39, 0.29) is 0 Å². The van der Waals surface area contributed by atoms with Crippen LogP contribution >= 0.6 is 0 Å². The molecule has 0 atom stereocenters. The number of rotatable bonds is 9. The molecule has 1 fully saturated rings. The molecular formula is C13H28N2. The van der Waals surface area contributed by atoms with Crippen LogP contribution in [0.4, 0.5) is 0 Å². The molecule has 1 aliphatic heterocycles. The summed E-state index contributed by atoms with van der Waals surface area (Å²) in [5, 5.41) is 3.37. The zero-order valence-corrected chi connectivity index (χ0v) is 10.6. The topological polar surface area (TPSA) is 15.3 Å². The van der Waals surface area contributed by atoms with Gasteiger partial charge in [-0.1, -0.05) is 39.5 Å². The van der Waals surface area contributed by atoms with Gasteiger partial charge in [0.25, 0.3) is 0 Å². The summed E-state index contributed by atoms with van der Waals surface area (Å²) in [6.07, 6.45) is 8.32. The van der Waals surface area contributed by atoms with E-state index in [1.165, 1.54) is 64.7 Å². The van der Waals surface area contributed by atoms with Gasteiger partial charge in [0.15, 0.2) is 0 Å². The first-order chi connectivity index (χ1) is 7.38. The maximum atomic E-state index is 3.37. The minimum Gasteiger partial charge on any atom is -0.314 e. The summed E-state index contributed by atoms with van der Waals surface area (Å²) in [7, 11) is 0. The third kappa shape index (κ3) is 4.98. The Balaban J connectivity index is 2.03. The number of hydrogen-bond donors (Lipinski definition) is 1. The first-order valence-electron chi connectivity index (χ1n) is 6.83. The highest BCUT2D eigenvalue weighted by Gasteiger charge is 2.22. The lowest BCUT2D eigenvalue weighted by molar-refractivity contribution is 0.143. The van der Waals surface area contributed by atoms with E-state index in [1.807, 2.05) is 0 Å². The minimum absolute atomic E-state index is 0.844. The predicted molar refractivity (Wildman–Crippen MR) is 67.3 cm³/mol. The predicted octanol–water partition coefficient (Wildman–Crippen LogP) is 2.64. The molecule has 2 nitrogen and oxygen atoms in total. The molecule has 1 saturated heterocycles. The van der Waals surface area contributed by atoms with E-state index in [0.29, 0.717) is 0 Å². The lowest BCUT2D eigenvalue weighted by Crippen LogP contribution is -2.57. The molecule has 0 spiro atoms. The van der Waals surface area contributed by atoms with Gasteiger partial charge in [0.1, 0.15) is 0 Å². The van der Waals surface area contributed by atoms with E-state index in [0.717, 1.165) is 6.04 Å². The van der Waals surface area contributed by atoms with E-state index in [4.69, 9.17) is 0 Å². The lowest BCUT2D eigenvalue weighted by Gasteiger charge is -2.38. The summed E-state index contributed by atoms with van der Waals surface area (Å²) in [4.78, 5) is 2.68. The number of unbranched alkanes of at least 4 members (excludes halogenated alkanes) is 4. The monoisotopic (exact) mass is 212 g/mol. The quantitative estimate of drug-likeness (QED) is 0.591. The van der Waals surface area contributed by atoms with Crippen LogP contribution in [-0.2, 0) is 0 Å². The summed E-state index contributed by atoms with van der Waals surface area (Å²) in [5.41, 5.74) is 0. The SMILES string of the molecule is CCCCCCCN(CCC)C1CNC1. The average molecular weight is 212 g/mol. The molecule has 0 saturated carbocycles. The summed E-state index contributed by atoms with van der Waals surface area (Å²) in [5.74, 6) is 0. The van der Waals surface area contributed by atoms with E-state index < -0.39 is 0 Å². The third-order valence-corrected chi connectivity index (χ3v) is 3.34. The normalized spacial score (nSPS) is 17.0. The van der Waals surface area contributed by atoms with Crippen LogP contribution in [0.1, 0.15) is 52.4 Å². The Bertz CT molecular complexity index is 143. The summed E-state index contributed by atoms with van der Waals surface area (Å²) in [6, 6.07) is 0.844. The fourth-order valence-corrected chi connectivity index (χ4v) is 2.21. The molecule has 1 rings (SSSR count). The smallest absolute Gasteiger partial charge is 0.0345 e. The Labute approximate surface area is 95.4 Å². The fourth-order valence-electron chi connectivity index (χ4n) is 2.21. The Hall–Kier alpha value is -0.0800. The number of nitrogens with one attached hydrogen (secondary N) is 1. The largest absolute Gasteiger partial charge is 0.314 e. The molecule has 0 aromatic heterocycles. The molecule has 1 aliphatic rings. The molecule has 90 valence electrons. The molecule has 0 amide bonds. The van der Waals surface area contributed by atoms with Crippen molar-refractivity contribution in [3.05, 3.63) is 0 Å². The van der Waals surface area contributed by atoms with Gasteiger partial charge in [-0.05, 0) is 25.9 Å². The van der Waals surface area contributed by atoms with Crippen molar-refractivity contribution in [3.8, 4) is 0 Å². The molecular weight excluding hydrogens is 184 g/mol. The molecule has 0 unspecified atom stereocenters. The van der Waals surface area contributed by atoms with Crippen LogP contribution in [0.25, 0.3) is 0 Å². The highest BCUT2D eigenvalue weighted by Crippen LogP contribution is 2.09. The van der Waals surface area contributed by atoms with Crippen LogP contribution in [0.2, 0.25) is 0 Å². The molecule has 2 heteroatoms. The van der Waals surface area contributed by atoms with Crippen LogP contribution in [0, 0.1) is 0 Å². The highest BCUT2D eigenvalue weighted by atomic mass is 15.2. The maximum absolute atomic E-state index is 3.37. The molecule has 0 radical (unpaired) electrons. The van der Waals surface area contributed by atoms with E-state index in [2.05, 4.69) is 24.1 Å². The minimum atomic E-state index is 0.844. The second-order valence-corrected chi connectivity index (χ2v) is 4.76. The van der Waals surface area contributed by atoms with Crippen LogP contribution in [0.3, 0.4) is 0 Å². The van der Waals surface area contributed by atoms with E-state index in [9.17, 15) is 0 Å². The van der Waals surface area contributed by atoms with Crippen molar-refractivity contribution in [2.24, 2.45) is 0 Å². The van der Waals surface area contributed by atoms with Crippen LogP contribution in [-0.4, -0.2) is 37.1 Å². The van der Waals surface area contributed by atoms with Gasteiger partial charge >= 0.3 is 0 Å². The van der Waals surface area contributed by atoms with E-state index in [1.54, 1.807) is 0 Å². The van der Waals surface area contributed by atoms with Crippen molar-refractivity contribution in [1.29, 1.82) is 0 Å². The Morgan fingerprint density at radius 3 is 2.20 bits per heavy atom. The van der Waals surface area contributed by atoms with Crippen molar-refractivity contribution in [1.82, 2.24) is 10.2 Å². The zero-order valence-electron chi connectivity index (χ0n) is 10.6. The standard InChI is InChI=1S/C13H28N2/c1-3-5-6-7-8-10-15(9-4-2)13-11-14-12-13/h13-14H,3-12H2,1-2H3. The average Bonchev–Trinajstić information content (AvgIpc) is 2.15. The van der Waals surface area contributed by atoms with E-state index >= 15 is 0 Å². The van der Waals surface area contributed by atoms with Gasteiger partial charge in [0, 0.05) is 19.1 Å². The molecule has 1 N–H and O–H groups in total. The van der Waals surface area contributed by atoms with Crippen LogP contribution in [0.5, 0.6) is 0 Å². The van der Waals surface area contributed by atoms with Crippen molar-refractivity contribution >= 4 is 0 Å². The van der Waals surface area contributed by atoms with Crippen molar-refractivity contribution in [3.63, 3.8) is 0 Å². The van der Waals surface area contributed by atoms with Crippen molar-refractivity contribution in [2.45, 2.75) is 58.4 Å². The van der Waals surface area contributed by atoms with Crippen molar-refractivity contribution in [2.75, 3.05) is 26.2 Å².